The van der Waals surface area contributed by atoms with Crippen LogP contribution >= 0.6 is 48.2 Å². The van der Waals surface area contributed by atoms with E-state index in [0.717, 1.165) is 79.5 Å². The molecule has 1 aromatic carbocycles. The van der Waals surface area contributed by atoms with Crippen molar-refractivity contribution >= 4 is 65.5 Å². The predicted molar refractivity (Wildman–Crippen MR) is 204 cm³/mol. The second-order valence-corrected chi connectivity index (χ2v) is 14.7. The average Bonchev–Trinajstić information content (AvgIpc) is 3.68. The Morgan fingerprint density at radius 3 is 2.55 bits per heavy atom. The van der Waals surface area contributed by atoms with Gasteiger partial charge >= 0.3 is 0 Å². The molecule has 1 spiro atoms. The molecule has 1 amide bonds. The Morgan fingerprint density at radius 2 is 1.88 bits per heavy atom. The van der Waals surface area contributed by atoms with Crippen molar-refractivity contribution in [3.63, 3.8) is 0 Å². The van der Waals surface area contributed by atoms with Crippen LogP contribution in [0.5, 0.6) is 5.75 Å². The van der Waals surface area contributed by atoms with Crippen LogP contribution in [0.3, 0.4) is 0 Å². The molecule has 0 bridgehead atoms. The van der Waals surface area contributed by atoms with E-state index in [1.54, 1.807) is 0 Å². The van der Waals surface area contributed by atoms with E-state index < -0.39 is 0 Å². The summed E-state index contributed by atoms with van der Waals surface area (Å²) < 4.78 is 13.5. The molecule has 51 heavy (non-hydrogen) atoms. The monoisotopic (exact) mass is 778 g/mol. The Hall–Kier alpha value is -2.88. The molecular formula is C35H45Cl3N8O4S. The van der Waals surface area contributed by atoms with Crippen LogP contribution in [0.1, 0.15) is 44.0 Å². The molecule has 0 radical (unpaired) electrons. The topological polar surface area (TPSA) is 152 Å². The molecule has 16 heteroatoms. The number of anilines is 1. The van der Waals surface area contributed by atoms with Gasteiger partial charge < -0.3 is 40.2 Å². The van der Waals surface area contributed by atoms with Gasteiger partial charge in [0.25, 0.3) is 5.91 Å². The molecule has 3 aliphatic rings. The number of piperidine rings is 2. The van der Waals surface area contributed by atoms with E-state index in [9.17, 15) is 9.90 Å². The van der Waals surface area contributed by atoms with Gasteiger partial charge in [0, 0.05) is 53.4 Å². The van der Waals surface area contributed by atoms with Crippen LogP contribution in [0.15, 0.2) is 52.6 Å². The maximum absolute atomic E-state index is 12.3. The van der Waals surface area contributed by atoms with E-state index in [2.05, 4.69) is 15.5 Å². The number of fused-ring (bicyclic) bond motifs is 1. The molecule has 0 saturated carbocycles. The van der Waals surface area contributed by atoms with Gasteiger partial charge in [0.15, 0.2) is 18.1 Å². The lowest BCUT2D eigenvalue weighted by molar-refractivity contribution is -0.123. The number of imidazole rings is 1. The van der Waals surface area contributed by atoms with Crippen LogP contribution in [-0.4, -0.2) is 87.9 Å². The normalized spacial score (nSPS) is 20.2. The number of amides is 1. The lowest BCUT2D eigenvalue weighted by Gasteiger charge is -2.42. The van der Waals surface area contributed by atoms with Crippen molar-refractivity contribution in [3.8, 4) is 17.0 Å². The number of benzene rings is 1. The number of nitrogens with one attached hydrogen (secondary N) is 2. The van der Waals surface area contributed by atoms with Gasteiger partial charge in [-0.15, -0.1) is 24.8 Å². The minimum atomic E-state index is -0.219. The minimum Gasteiger partial charge on any atom is -0.484 e. The number of nitrogens with zero attached hydrogens (tertiary/aromatic N) is 5. The first-order chi connectivity index (χ1) is 23.7. The first kappa shape index (κ1) is 39.3. The van der Waals surface area contributed by atoms with E-state index in [1.165, 1.54) is 11.8 Å². The van der Waals surface area contributed by atoms with Crippen molar-refractivity contribution < 1.29 is 19.4 Å². The molecule has 3 aromatic heterocycles. The zero-order chi connectivity index (χ0) is 34.1. The highest BCUT2D eigenvalue weighted by Crippen LogP contribution is 2.43. The molecule has 12 nitrogen and oxygen atoms in total. The molecule has 3 aliphatic heterocycles. The number of hydrogen-bond donors (Lipinski definition) is 4. The van der Waals surface area contributed by atoms with Crippen molar-refractivity contribution in [1.82, 2.24) is 30.0 Å². The summed E-state index contributed by atoms with van der Waals surface area (Å²) in [6.45, 7) is 7.84. The number of aromatic nitrogens is 4. The molecule has 7 rings (SSSR count). The minimum absolute atomic E-state index is 0. The number of aliphatic hydroxyl groups is 1. The van der Waals surface area contributed by atoms with Crippen molar-refractivity contribution in [2.45, 2.75) is 74.2 Å². The van der Waals surface area contributed by atoms with E-state index in [-0.39, 0.29) is 67.5 Å². The van der Waals surface area contributed by atoms with Gasteiger partial charge in [0.05, 0.1) is 35.7 Å². The summed E-state index contributed by atoms with van der Waals surface area (Å²) in [5, 5.41) is 17.8. The summed E-state index contributed by atoms with van der Waals surface area (Å²) in [6, 6.07) is 9.67. The van der Waals surface area contributed by atoms with Crippen molar-refractivity contribution in [2.24, 2.45) is 11.1 Å². The number of aliphatic hydroxyl groups excluding tert-OH is 1. The fourth-order valence-corrected chi connectivity index (χ4v) is 8.23. The first-order valence-corrected chi connectivity index (χ1v) is 18.1. The highest BCUT2D eigenvalue weighted by Gasteiger charge is 2.47. The fraction of sp³-hybridized carbons (Fsp3) is 0.486. The molecule has 2 atom stereocenters. The van der Waals surface area contributed by atoms with Gasteiger partial charge in [-0.1, -0.05) is 23.4 Å². The number of rotatable bonds is 9. The maximum atomic E-state index is 12.3. The third-order valence-electron chi connectivity index (χ3n) is 10.1. The summed E-state index contributed by atoms with van der Waals surface area (Å²) in [7, 11) is 0. The van der Waals surface area contributed by atoms with Gasteiger partial charge in [-0.25, -0.2) is 15.0 Å². The number of carbonyl (C=O) groups excluding carboxylic acids is 1. The van der Waals surface area contributed by atoms with Crippen LogP contribution < -0.4 is 26.0 Å². The highest BCUT2D eigenvalue weighted by atomic mass is 35.5. The molecule has 6 heterocycles. The van der Waals surface area contributed by atoms with Crippen molar-refractivity contribution in [1.29, 1.82) is 0 Å². The fourth-order valence-electron chi connectivity index (χ4n) is 7.05. The summed E-state index contributed by atoms with van der Waals surface area (Å²) in [5.74, 6) is 1.22. The van der Waals surface area contributed by atoms with Crippen LogP contribution in [0.2, 0.25) is 5.02 Å². The second kappa shape index (κ2) is 16.9. The zero-order valence-electron chi connectivity index (χ0n) is 28.6. The Morgan fingerprint density at radius 1 is 1.16 bits per heavy atom. The average molecular weight is 780 g/mol. The lowest BCUT2D eigenvalue weighted by Crippen LogP contribution is -2.51. The number of halogens is 3. The number of carbonyl (C=O) groups is 1. The van der Waals surface area contributed by atoms with Crippen LogP contribution in [0, 0.1) is 12.3 Å². The molecular weight excluding hydrogens is 735 g/mol. The molecule has 276 valence electrons. The molecule has 5 N–H and O–H groups in total. The van der Waals surface area contributed by atoms with Gasteiger partial charge in [0.2, 0.25) is 0 Å². The van der Waals surface area contributed by atoms with Crippen molar-refractivity contribution in [3.05, 3.63) is 59.1 Å². The van der Waals surface area contributed by atoms with Gasteiger partial charge in [0.1, 0.15) is 16.5 Å². The summed E-state index contributed by atoms with van der Waals surface area (Å²) in [6.07, 6.45) is 7.61. The predicted octanol–water partition coefficient (Wildman–Crippen LogP) is 4.82. The van der Waals surface area contributed by atoms with E-state index in [4.69, 9.17) is 41.8 Å². The number of hydrogen-bond acceptors (Lipinski definition) is 11. The number of aryl methyl sites for hydroxylation is 1. The van der Waals surface area contributed by atoms with E-state index >= 15 is 0 Å². The van der Waals surface area contributed by atoms with Gasteiger partial charge in [-0.05, 0) is 83.0 Å². The summed E-state index contributed by atoms with van der Waals surface area (Å²) >= 11 is 8.33. The molecule has 0 unspecified atom stereocenters. The first-order valence-electron chi connectivity index (χ1n) is 16.9. The highest BCUT2D eigenvalue weighted by molar-refractivity contribution is 7.99. The van der Waals surface area contributed by atoms with Crippen LogP contribution in [0.25, 0.3) is 16.9 Å². The van der Waals surface area contributed by atoms with Gasteiger partial charge in [-0.2, -0.15) is 0 Å². The summed E-state index contributed by atoms with van der Waals surface area (Å²) in [5.41, 5.74) is 10.1. The summed E-state index contributed by atoms with van der Waals surface area (Å²) in [4.78, 5) is 29.9. The lowest BCUT2D eigenvalue weighted by atomic mass is 9.73. The largest absolute Gasteiger partial charge is 0.484 e. The molecule has 4 aromatic rings. The Balaban J connectivity index is 0.00000252. The molecule has 3 saturated heterocycles. The van der Waals surface area contributed by atoms with E-state index in [1.807, 2.05) is 61.0 Å². The maximum Gasteiger partial charge on any atom is 0.258 e. The van der Waals surface area contributed by atoms with Crippen LogP contribution in [-0.2, 0) is 16.1 Å². The zero-order valence-corrected chi connectivity index (χ0v) is 31.8. The Bertz CT molecular complexity index is 1820. The SMILES string of the molecule is Cc1nc(N2CCC3(CC2)CO[C@@H](C)[C@H]3N)c(CO)nc1Sc1ccn2cc(-c3ccc(OCC(=O)NC4CCNCC4)cc3)nc2c1Cl.Cl.Cl. The van der Waals surface area contributed by atoms with Crippen LogP contribution in [0.4, 0.5) is 5.82 Å². The molecule has 0 aliphatic carbocycles. The second-order valence-electron chi connectivity index (χ2n) is 13.3. The third kappa shape index (κ3) is 8.36. The van der Waals surface area contributed by atoms with E-state index in [0.29, 0.717) is 33.7 Å². The quantitative estimate of drug-likeness (QED) is 0.185. The van der Waals surface area contributed by atoms with Gasteiger partial charge in [-0.3, -0.25) is 4.79 Å². The smallest absolute Gasteiger partial charge is 0.258 e. The molecule has 3 fully saturated rings. The number of ether oxygens (including phenoxy) is 2. The van der Waals surface area contributed by atoms with Crippen molar-refractivity contribution in [2.75, 3.05) is 44.3 Å². The standard InChI is InChI=1S/C35H43ClN8O4S.2ClH/c1-21-34(42-27(18-45)32(39-21)43-15-10-35(11-16-43)20-48-22(2)31(35)37)49-28-9-14-44-17-26(41-33(44)30(28)36)23-3-5-25(6-4-23)47-19-29(46)40-24-7-12-38-13-8-24;;/h3-6,9,14,17,22,24,31,38,45H,7-8,10-13,15-16,18-20,37H2,1-2H3,(H,40,46);2*1H/t22-,31+;;/m0../s1. The number of pyridine rings is 1. The Labute approximate surface area is 319 Å². The number of nitrogens with two attached hydrogens (primary N) is 1. The Kier molecular flexibility index (Phi) is 13.0. The third-order valence-corrected chi connectivity index (χ3v) is 11.7.